The van der Waals surface area contributed by atoms with Gasteiger partial charge in [-0.3, -0.25) is 0 Å². The molecule has 0 amide bonds. The van der Waals surface area contributed by atoms with Gasteiger partial charge in [-0.15, -0.1) is 0 Å². The second-order valence-electron chi connectivity index (χ2n) is 2.23. The number of nitrogens with two attached hydrogens (primary N) is 1. The Morgan fingerprint density at radius 2 is 2.38 bits per heavy atom. The Morgan fingerprint density at radius 3 is 2.92 bits per heavy atom. The first kappa shape index (κ1) is 9.47. The molecule has 0 spiro atoms. The van der Waals surface area contributed by atoms with Crippen LogP contribution < -0.4 is 5.73 Å². The first-order chi connectivity index (χ1) is 6.15. The maximum Gasteiger partial charge on any atom is 0.370 e. The zero-order valence-electron chi connectivity index (χ0n) is 6.48. The van der Waals surface area contributed by atoms with Crippen LogP contribution in [0.1, 0.15) is 5.56 Å². The van der Waals surface area contributed by atoms with Crippen molar-refractivity contribution in [3.05, 3.63) is 33.5 Å². The van der Waals surface area contributed by atoms with Crippen LogP contribution in [0.25, 0.3) is 6.08 Å². The molecule has 0 aliphatic heterocycles. The second kappa shape index (κ2) is 3.86. The van der Waals surface area contributed by atoms with Crippen molar-refractivity contribution in [3.63, 3.8) is 0 Å². The summed E-state index contributed by atoms with van der Waals surface area (Å²) < 4.78 is 0. The third-order valence-electron chi connectivity index (χ3n) is 1.33. The molecule has 0 aliphatic carbocycles. The average molecular weight is 200 g/mol. The van der Waals surface area contributed by atoms with Gasteiger partial charge in [-0.1, -0.05) is 11.6 Å². The van der Waals surface area contributed by atoms with Gasteiger partial charge >= 0.3 is 5.82 Å². The van der Waals surface area contributed by atoms with Gasteiger partial charge in [0, 0.05) is 5.54 Å². The van der Waals surface area contributed by atoms with Crippen molar-refractivity contribution in [3.8, 4) is 0 Å². The van der Waals surface area contributed by atoms with E-state index in [-0.39, 0.29) is 5.82 Å². The van der Waals surface area contributed by atoms with Crippen LogP contribution >= 0.6 is 11.6 Å². The number of nitro groups is 1. The average Bonchev–Trinajstić information content (AvgIpc) is 2.04. The monoisotopic (exact) mass is 199 g/mol. The van der Waals surface area contributed by atoms with E-state index in [0.717, 1.165) is 0 Å². The zero-order valence-corrected chi connectivity index (χ0v) is 7.23. The molecule has 68 valence electrons. The van der Waals surface area contributed by atoms with Crippen LogP contribution in [0, 0.1) is 10.1 Å². The van der Waals surface area contributed by atoms with Gasteiger partial charge in [-0.25, -0.2) is 0 Å². The number of anilines is 1. The summed E-state index contributed by atoms with van der Waals surface area (Å²) in [7, 11) is 0. The molecule has 5 nitrogen and oxygen atoms in total. The summed E-state index contributed by atoms with van der Waals surface area (Å²) in [6.45, 7) is 0. The van der Waals surface area contributed by atoms with Gasteiger partial charge in [0.25, 0.3) is 0 Å². The standard InChI is InChI=1S/C7H6ClN3O2/c8-2-1-5-3-6(9)4-10-7(5)11(12)13/h1-4H,9H2. The number of rotatable bonds is 2. The minimum absolute atomic E-state index is 0.258. The fraction of sp³-hybridized carbons (Fsp3) is 0. The molecule has 6 heteroatoms. The van der Waals surface area contributed by atoms with Gasteiger partial charge in [-0.05, 0) is 22.0 Å². The van der Waals surface area contributed by atoms with E-state index >= 15 is 0 Å². The third kappa shape index (κ3) is 2.16. The first-order valence-electron chi connectivity index (χ1n) is 3.32. The molecular formula is C7H6ClN3O2. The van der Waals surface area contributed by atoms with Gasteiger partial charge in [0.2, 0.25) is 0 Å². The van der Waals surface area contributed by atoms with Gasteiger partial charge in [0.1, 0.15) is 0 Å². The van der Waals surface area contributed by atoms with E-state index in [1.54, 1.807) is 0 Å². The van der Waals surface area contributed by atoms with E-state index in [9.17, 15) is 10.1 Å². The van der Waals surface area contributed by atoms with Crippen LogP contribution in [-0.2, 0) is 0 Å². The highest BCUT2D eigenvalue weighted by atomic mass is 35.5. The molecule has 13 heavy (non-hydrogen) atoms. The van der Waals surface area contributed by atoms with Gasteiger partial charge in [0.15, 0.2) is 6.20 Å². The van der Waals surface area contributed by atoms with E-state index in [4.69, 9.17) is 17.3 Å². The van der Waals surface area contributed by atoms with Crippen molar-refractivity contribution in [2.24, 2.45) is 0 Å². The van der Waals surface area contributed by atoms with Gasteiger partial charge in [0.05, 0.1) is 11.3 Å². The molecule has 0 saturated carbocycles. The summed E-state index contributed by atoms with van der Waals surface area (Å²) in [6, 6.07) is 1.43. The van der Waals surface area contributed by atoms with Gasteiger partial charge < -0.3 is 15.8 Å². The Morgan fingerprint density at radius 1 is 1.69 bits per heavy atom. The summed E-state index contributed by atoms with van der Waals surface area (Å²) in [5.41, 5.74) is 7.21. The molecule has 0 bridgehead atoms. The zero-order chi connectivity index (χ0) is 9.84. The Labute approximate surface area is 79.0 Å². The molecule has 1 heterocycles. The lowest BCUT2D eigenvalue weighted by atomic mass is 10.2. The summed E-state index contributed by atoms with van der Waals surface area (Å²) >= 11 is 5.29. The van der Waals surface area contributed by atoms with Crippen molar-refractivity contribution in [1.29, 1.82) is 0 Å². The lowest BCUT2D eigenvalue weighted by molar-refractivity contribution is -0.389. The smallest absolute Gasteiger partial charge is 0.370 e. The molecule has 1 aromatic heterocycles. The molecule has 0 saturated heterocycles. The van der Waals surface area contributed by atoms with E-state index in [0.29, 0.717) is 11.3 Å². The van der Waals surface area contributed by atoms with Crippen molar-refractivity contribution in [2.75, 3.05) is 5.73 Å². The van der Waals surface area contributed by atoms with Gasteiger partial charge in [-0.2, -0.15) is 0 Å². The second-order valence-corrected chi connectivity index (χ2v) is 2.48. The molecule has 1 aromatic rings. The summed E-state index contributed by atoms with van der Waals surface area (Å²) in [5.74, 6) is -0.258. The largest absolute Gasteiger partial charge is 0.396 e. The Hall–Kier alpha value is -1.62. The lowest BCUT2D eigenvalue weighted by Crippen LogP contribution is -1.97. The Bertz CT molecular complexity index is 365. The van der Waals surface area contributed by atoms with Crippen LogP contribution in [0.5, 0.6) is 0 Å². The third-order valence-corrected chi connectivity index (χ3v) is 1.46. The van der Waals surface area contributed by atoms with E-state index < -0.39 is 4.92 Å². The highest BCUT2D eigenvalue weighted by Crippen LogP contribution is 2.19. The normalized spacial score (nSPS) is 10.5. The number of pyridine rings is 1. The Kier molecular flexibility index (Phi) is 2.81. The predicted octanol–water partition coefficient (Wildman–Crippen LogP) is 1.78. The number of nitrogens with zero attached hydrogens (tertiary/aromatic N) is 2. The van der Waals surface area contributed by atoms with Crippen LogP contribution in [0.2, 0.25) is 0 Å². The quantitative estimate of drug-likeness (QED) is 0.581. The highest BCUT2D eigenvalue weighted by Gasteiger charge is 2.12. The molecule has 0 fully saturated rings. The Balaban J connectivity index is 3.26. The van der Waals surface area contributed by atoms with Crippen molar-refractivity contribution in [2.45, 2.75) is 0 Å². The fourth-order valence-electron chi connectivity index (χ4n) is 0.835. The van der Waals surface area contributed by atoms with Crippen molar-refractivity contribution in [1.82, 2.24) is 4.98 Å². The van der Waals surface area contributed by atoms with Crippen molar-refractivity contribution < 1.29 is 4.92 Å². The number of nitrogen functional groups attached to an aromatic ring is 1. The minimum atomic E-state index is -0.592. The molecule has 2 N–H and O–H groups in total. The molecule has 0 aromatic carbocycles. The summed E-state index contributed by atoms with van der Waals surface area (Å²) in [6.07, 6.45) is 2.59. The van der Waals surface area contributed by atoms with E-state index in [2.05, 4.69) is 4.98 Å². The summed E-state index contributed by atoms with van der Waals surface area (Å²) in [5, 5.41) is 10.4. The topological polar surface area (TPSA) is 82.0 Å². The number of hydrogen-bond donors (Lipinski definition) is 1. The maximum absolute atomic E-state index is 10.4. The SMILES string of the molecule is Nc1cnc([N+](=O)[O-])c(C=CCl)c1. The number of hydrogen-bond acceptors (Lipinski definition) is 4. The summed E-state index contributed by atoms with van der Waals surface area (Å²) in [4.78, 5) is 13.4. The lowest BCUT2D eigenvalue weighted by Gasteiger charge is -1.96. The number of halogens is 1. The van der Waals surface area contributed by atoms with Crippen LogP contribution in [0.15, 0.2) is 17.8 Å². The molecule has 0 radical (unpaired) electrons. The predicted molar refractivity (Wildman–Crippen MR) is 50.2 cm³/mol. The fourth-order valence-corrected chi connectivity index (χ4v) is 0.970. The molecule has 0 atom stereocenters. The molecular weight excluding hydrogens is 194 g/mol. The molecule has 1 rings (SSSR count). The maximum atomic E-state index is 10.4. The van der Waals surface area contributed by atoms with Crippen LogP contribution in [0.4, 0.5) is 11.5 Å². The van der Waals surface area contributed by atoms with Crippen LogP contribution in [-0.4, -0.2) is 9.91 Å². The van der Waals surface area contributed by atoms with E-state index in [1.165, 1.54) is 23.9 Å². The first-order valence-corrected chi connectivity index (χ1v) is 3.75. The van der Waals surface area contributed by atoms with E-state index in [1.807, 2.05) is 0 Å². The van der Waals surface area contributed by atoms with Crippen molar-refractivity contribution >= 4 is 29.2 Å². The molecule has 0 aliphatic rings. The molecule has 0 unspecified atom stereocenters. The minimum Gasteiger partial charge on any atom is -0.396 e. The highest BCUT2D eigenvalue weighted by molar-refractivity contribution is 6.27. The van der Waals surface area contributed by atoms with Crippen LogP contribution in [0.3, 0.4) is 0 Å². The number of aromatic nitrogens is 1.